The number of nitrogens with zero attached hydrogens (tertiary/aromatic N) is 2. The lowest BCUT2D eigenvalue weighted by atomic mass is 9.83. The second-order valence-electron chi connectivity index (χ2n) is 13.0. The van der Waals surface area contributed by atoms with E-state index in [1.54, 1.807) is 37.3 Å². The Morgan fingerprint density at radius 2 is 0.951 bits per heavy atom. The SMILES string of the molecule is Cc1cc2c3c(ccc4c3c1C(=O)N(c1cccc(C(C)(C)C)c1)C4=O)C(=O)N(c1cccc(C(C)(C)C)c1)C2=O. The summed E-state index contributed by atoms with van der Waals surface area (Å²) in [6, 6.07) is 19.8. The van der Waals surface area contributed by atoms with Gasteiger partial charge in [-0.15, -0.1) is 0 Å². The van der Waals surface area contributed by atoms with Crippen molar-refractivity contribution in [3.63, 3.8) is 0 Å². The van der Waals surface area contributed by atoms with Crippen LogP contribution in [0.4, 0.5) is 11.4 Å². The van der Waals surface area contributed by atoms with Crippen LogP contribution in [0.25, 0.3) is 10.8 Å². The molecule has 0 saturated carbocycles. The van der Waals surface area contributed by atoms with Gasteiger partial charge >= 0.3 is 0 Å². The Morgan fingerprint density at radius 3 is 1.44 bits per heavy atom. The van der Waals surface area contributed by atoms with E-state index in [9.17, 15) is 19.2 Å². The van der Waals surface area contributed by atoms with E-state index in [1.165, 1.54) is 9.80 Å². The first kappa shape index (κ1) is 26.6. The van der Waals surface area contributed by atoms with Crippen molar-refractivity contribution in [3.05, 3.63) is 106 Å². The molecular weight excluding hydrogens is 512 g/mol. The summed E-state index contributed by atoms with van der Waals surface area (Å²) in [6.07, 6.45) is 0. The Labute approximate surface area is 239 Å². The maximum atomic E-state index is 14.0. The van der Waals surface area contributed by atoms with Crippen molar-refractivity contribution in [1.82, 2.24) is 0 Å². The zero-order chi connectivity index (χ0) is 29.6. The highest BCUT2D eigenvalue weighted by Gasteiger charge is 2.42. The zero-order valence-corrected chi connectivity index (χ0v) is 24.4. The van der Waals surface area contributed by atoms with Crippen LogP contribution in [0.3, 0.4) is 0 Å². The molecule has 4 aromatic rings. The van der Waals surface area contributed by atoms with E-state index in [0.29, 0.717) is 50.0 Å². The maximum absolute atomic E-state index is 14.0. The van der Waals surface area contributed by atoms with E-state index in [-0.39, 0.29) is 10.8 Å². The fourth-order valence-corrected chi connectivity index (χ4v) is 5.85. The third-order valence-corrected chi connectivity index (χ3v) is 8.14. The molecule has 0 atom stereocenters. The van der Waals surface area contributed by atoms with E-state index in [4.69, 9.17) is 0 Å². The van der Waals surface area contributed by atoms with Crippen molar-refractivity contribution < 1.29 is 19.2 Å². The molecular formula is C35H32N2O4. The minimum Gasteiger partial charge on any atom is -0.268 e. The number of carbonyl (C=O) groups excluding carboxylic acids is 4. The van der Waals surface area contributed by atoms with Crippen LogP contribution in [0.2, 0.25) is 0 Å². The van der Waals surface area contributed by atoms with E-state index in [0.717, 1.165) is 11.1 Å². The second kappa shape index (κ2) is 8.71. The lowest BCUT2D eigenvalue weighted by Gasteiger charge is -2.33. The van der Waals surface area contributed by atoms with Gasteiger partial charge < -0.3 is 0 Å². The molecule has 0 N–H and O–H groups in total. The summed E-state index contributed by atoms with van der Waals surface area (Å²) >= 11 is 0. The van der Waals surface area contributed by atoms with Gasteiger partial charge in [0, 0.05) is 27.5 Å². The molecule has 6 rings (SSSR count). The topological polar surface area (TPSA) is 74.8 Å². The van der Waals surface area contributed by atoms with Gasteiger partial charge in [-0.2, -0.15) is 0 Å². The largest absolute Gasteiger partial charge is 0.268 e. The summed E-state index contributed by atoms with van der Waals surface area (Å²) in [6.45, 7) is 14.2. The molecule has 0 saturated heterocycles. The number of anilines is 2. The third-order valence-electron chi connectivity index (χ3n) is 8.14. The second-order valence-corrected chi connectivity index (χ2v) is 13.0. The minimum absolute atomic E-state index is 0.174. The predicted molar refractivity (Wildman–Crippen MR) is 161 cm³/mol. The van der Waals surface area contributed by atoms with E-state index in [2.05, 4.69) is 41.5 Å². The molecule has 6 nitrogen and oxygen atoms in total. The van der Waals surface area contributed by atoms with E-state index >= 15 is 0 Å². The van der Waals surface area contributed by atoms with E-state index in [1.807, 2.05) is 36.4 Å². The predicted octanol–water partition coefficient (Wildman–Crippen LogP) is 7.34. The number of amides is 4. The van der Waals surface area contributed by atoms with Crippen molar-refractivity contribution in [2.24, 2.45) is 0 Å². The minimum atomic E-state index is -0.477. The molecule has 0 unspecified atom stereocenters. The van der Waals surface area contributed by atoms with Crippen LogP contribution in [0, 0.1) is 6.92 Å². The Balaban J connectivity index is 1.53. The molecule has 2 aliphatic heterocycles. The molecule has 206 valence electrons. The number of hydrogen-bond donors (Lipinski definition) is 0. The fraction of sp³-hybridized carbons (Fsp3) is 0.257. The monoisotopic (exact) mass is 544 g/mol. The van der Waals surface area contributed by atoms with Gasteiger partial charge in [-0.1, -0.05) is 65.8 Å². The van der Waals surface area contributed by atoms with Crippen molar-refractivity contribution in [1.29, 1.82) is 0 Å². The van der Waals surface area contributed by atoms with Crippen LogP contribution < -0.4 is 9.80 Å². The molecule has 6 heteroatoms. The maximum Gasteiger partial charge on any atom is 0.266 e. The summed E-state index contributed by atoms with van der Waals surface area (Å²) in [5, 5.41) is 0.742. The average Bonchev–Trinajstić information content (AvgIpc) is 2.90. The number of carbonyl (C=O) groups is 4. The van der Waals surface area contributed by atoms with Gasteiger partial charge in [-0.05, 0) is 76.9 Å². The van der Waals surface area contributed by atoms with Gasteiger partial charge in [-0.25, -0.2) is 9.80 Å². The normalized spacial score (nSPS) is 15.3. The summed E-state index contributed by atoms with van der Waals surface area (Å²) in [5.74, 6) is -1.89. The summed E-state index contributed by atoms with van der Waals surface area (Å²) in [5.41, 5.74) is 4.43. The smallest absolute Gasteiger partial charge is 0.266 e. The fourth-order valence-electron chi connectivity index (χ4n) is 5.85. The Kier molecular flexibility index (Phi) is 5.66. The first-order valence-electron chi connectivity index (χ1n) is 13.8. The Bertz CT molecular complexity index is 1850. The summed E-state index contributed by atoms with van der Waals surface area (Å²) in [4.78, 5) is 58.2. The van der Waals surface area contributed by atoms with Crippen LogP contribution >= 0.6 is 0 Å². The molecule has 0 bridgehead atoms. The molecule has 0 aliphatic carbocycles. The molecule has 4 aromatic carbocycles. The number of hydrogen-bond acceptors (Lipinski definition) is 4. The van der Waals surface area contributed by atoms with Gasteiger partial charge in [0.05, 0.1) is 16.9 Å². The average molecular weight is 545 g/mol. The molecule has 0 spiro atoms. The van der Waals surface area contributed by atoms with Crippen molar-refractivity contribution >= 4 is 45.8 Å². The van der Waals surface area contributed by atoms with Crippen LogP contribution in [0.15, 0.2) is 66.7 Å². The van der Waals surface area contributed by atoms with Gasteiger partial charge in [0.15, 0.2) is 0 Å². The highest BCUT2D eigenvalue weighted by atomic mass is 16.2. The standard InChI is InChI=1S/C35H32N2O4/c1-19-16-26-28-24(30(38)36(32(26)40)22-12-8-10-20(17-22)34(2,3)4)14-15-25-29(28)27(19)33(41)37(31(25)39)23-13-9-11-21(18-23)35(5,6)7/h8-18H,1-7H3. The quantitative estimate of drug-likeness (QED) is 0.247. The molecule has 2 heterocycles. The summed E-state index contributed by atoms with van der Waals surface area (Å²) < 4.78 is 0. The van der Waals surface area contributed by atoms with Crippen LogP contribution in [0.5, 0.6) is 0 Å². The van der Waals surface area contributed by atoms with E-state index < -0.39 is 23.6 Å². The van der Waals surface area contributed by atoms with Crippen LogP contribution in [0.1, 0.15) is 99.7 Å². The van der Waals surface area contributed by atoms with Crippen LogP contribution in [-0.2, 0) is 10.8 Å². The van der Waals surface area contributed by atoms with Gasteiger partial charge in [0.25, 0.3) is 23.6 Å². The van der Waals surface area contributed by atoms with Gasteiger partial charge in [0.1, 0.15) is 0 Å². The van der Waals surface area contributed by atoms with Crippen molar-refractivity contribution in [2.75, 3.05) is 9.80 Å². The highest BCUT2D eigenvalue weighted by molar-refractivity contribution is 6.42. The molecule has 2 aliphatic rings. The third kappa shape index (κ3) is 3.92. The molecule has 0 radical (unpaired) electrons. The molecule has 4 amide bonds. The highest BCUT2D eigenvalue weighted by Crippen LogP contribution is 2.42. The van der Waals surface area contributed by atoms with Crippen molar-refractivity contribution in [2.45, 2.75) is 59.3 Å². The number of rotatable bonds is 2. The Hall–Kier alpha value is -4.58. The Morgan fingerprint density at radius 1 is 0.512 bits per heavy atom. The first-order chi connectivity index (χ1) is 19.2. The lowest BCUT2D eigenvalue weighted by Crippen LogP contribution is -2.44. The summed E-state index contributed by atoms with van der Waals surface area (Å²) in [7, 11) is 0. The number of aryl methyl sites for hydroxylation is 1. The lowest BCUT2D eigenvalue weighted by molar-refractivity contribution is 0.0872. The number of benzene rings is 4. The van der Waals surface area contributed by atoms with Crippen molar-refractivity contribution in [3.8, 4) is 0 Å². The van der Waals surface area contributed by atoms with Gasteiger partial charge in [-0.3, -0.25) is 19.2 Å². The molecule has 0 fully saturated rings. The van der Waals surface area contributed by atoms with Crippen LogP contribution in [-0.4, -0.2) is 23.6 Å². The molecule has 0 aromatic heterocycles. The van der Waals surface area contributed by atoms with Gasteiger partial charge in [0.2, 0.25) is 0 Å². The zero-order valence-electron chi connectivity index (χ0n) is 24.4. The first-order valence-corrected chi connectivity index (χ1v) is 13.8. The number of imide groups is 2. The molecule has 41 heavy (non-hydrogen) atoms.